The summed E-state index contributed by atoms with van der Waals surface area (Å²) < 4.78 is 5.11. The van der Waals surface area contributed by atoms with E-state index >= 15 is 0 Å². The Balaban J connectivity index is 2.07. The average molecular weight is 220 g/mol. The molecule has 1 aromatic rings. The van der Waals surface area contributed by atoms with Gasteiger partial charge in [0.2, 0.25) is 0 Å². The van der Waals surface area contributed by atoms with Crippen LogP contribution in [-0.4, -0.2) is 36.8 Å². The molecule has 0 amide bonds. The molecule has 2 rings (SSSR count). The second-order valence-electron chi connectivity index (χ2n) is 3.76. The van der Waals surface area contributed by atoms with Crippen molar-refractivity contribution in [1.29, 1.82) is 0 Å². The Morgan fingerprint density at radius 2 is 2.25 bits per heavy atom. The molecule has 86 valence electrons. The number of rotatable bonds is 3. The molecule has 0 aromatic carbocycles. The standard InChI is InChI=1S/C11H16N4O/c1-16-8-9-2-6-15(7-3-9)11-10(12)13-4-5-14-11/h2,4-5H,3,6-8H2,1H3,(H2,12,13). The minimum Gasteiger partial charge on any atom is -0.381 e. The molecule has 0 spiro atoms. The Labute approximate surface area is 94.9 Å². The summed E-state index contributed by atoms with van der Waals surface area (Å²) in [6.45, 7) is 2.45. The zero-order chi connectivity index (χ0) is 11.4. The first-order valence-electron chi connectivity index (χ1n) is 5.29. The maximum absolute atomic E-state index is 5.78. The summed E-state index contributed by atoms with van der Waals surface area (Å²) in [6.07, 6.45) is 6.43. The normalized spacial score (nSPS) is 16.1. The summed E-state index contributed by atoms with van der Waals surface area (Å²) in [6, 6.07) is 0. The Morgan fingerprint density at radius 3 is 2.88 bits per heavy atom. The average Bonchev–Trinajstić information content (AvgIpc) is 2.31. The predicted octanol–water partition coefficient (Wildman–Crippen LogP) is 0.842. The van der Waals surface area contributed by atoms with Gasteiger partial charge in [0.05, 0.1) is 6.61 Å². The number of aromatic nitrogens is 2. The molecule has 2 N–H and O–H groups in total. The van der Waals surface area contributed by atoms with Crippen LogP contribution < -0.4 is 10.6 Å². The SMILES string of the molecule is COCC1=CCN(c2nccnc2N)CC1. The smallest absolute Gasteiger partial charge is 0.171 e. The van der Waals surface area contributed by atoms with Crippen molar-refractivity contribution in [2.24, 2.45) is 0 Å². The van der Waals surface area contributed by atoms with Crippen molar-refractivity contribution < 1.29 is 4.74 Å². The maximum Gasteiger partial charge on any atom is 0.171 e. The number of nitrogen functional groups attached to an aromatic ring is 1. The molecule has 0 bridgehead atoms. The first kappa shape index (κ1) is 10.9. The Bertz CT molecular complexity index is 391. The second kappa shape index (κ2) is 4.94. The summed E-state index contributed by atoms with van der Waals surface area (Å²) in [5, 5.41) is 0. The molecule has 0 radical (unpaired) electrons. The monoisotopic (exact) mass is 220 g/mol. The molecule has 16 heavy (non-hydrogen) atoms. The van der Waals surface area contributed by atoms with E-state index < -0.39 is 0 Å². The molecule has 2 heterocycles. The molecule has 1 aliphatic heterocycles. The number of methoxy groups -OCH3 is 1. The van der Waals surface area contributed by atoms with Crippen molar-refractivity contribution in [3.05, 3.63) is 24.0 Å². The molecule has 5 nitrogen and oxygen atoms in total. The topological polar surface area (TPSA) is 64.3 Å². The van der Waals surface area contributed by atoms with Gasteiger partial charge in [0.1, 0.15) is 0 Å². The third-order valence-corrected chi connectivity index (χ3v) is 2.64. The van der Waals surface area contributed by atoms with E-state index in [4.69, 9.17) is 10.5 Å². The second-order valence-corrected chi connectivity index (χ2v) is 3.76. The van der Waals surface area contributed by atoms with Crippen LogP contribution >= 0.6 is 0 Å². The van der Waals surface area contributed by atoms with Gasteiger partial charge in [-0.2, -0.15) is 0 Å². The van der Waals surface area contributed by atoms with E-state index in [1.54, 1.807) is 19.5 Å². The van der Waals surface area contributed by atoms with Gasteiger partial charge in [-0.15, -0.1) is 0 Å². The van der Waals surface area contributed by atoms with E-state index in [0.717, 1.165) is 25.3 Å². The van der Waals surface area contributed by atoms with E-state index in [0.29, 0.717) is 12.4 Å². The zero-order valence-electron chi connectivity index (χ0n) is 9.39. The van der Waals surface area contributed by atoms with Crippen molar-refractivity contribution in [3.8, 4) is 0 Å². The molecule has 0 fully saturated rings. The fourth-order valence-electron chi connectivity index (χ4n) is 1.81. The minimum absolute atomic E-state index is 0.492. The van der Waals surface area contributed by atoms with Crippen LogP contribution in [0.2, 0.25) is 0 Å². The van der Waals surface area contributed by atoms with Crippen molar-refractivity contribution in [2.75, 3.05) is 37.4 Å². The Morgan fingerprint density at radius 1 is 1.44 bits per heavy atom. The van der Waals surface area contributed by atoms with Crippen LogP contribution in [0.25, 0.3) is 0 Å². The molecule has 0 saturated heterocycles. The molecule has 0 unspecified atom stereocenters. The molecular formula is C11H16N4O. The number of hydrogen-bond donors (Lipinski definition) is 1. The minimum atomic E-state index is 0.492. The quantitative estimate of drug-likeness (QED) is 0.765. The molecule has 0 saturated carbocycles. The molecule has 0 atom stereocenters. The summed E-state index contributed by atoms with van der Waals surface area (Å²) in [7, 11) is 1.72. The number of nitrogens with two attached hydrogens (primary N) is 1. The number of nitrogens with zero attached hydrogens (tertiary/aromatic N) is 3. The van der Waals surface area contributed by atoms with Gasteiger partial charge in [-0.1, -0.05) is 6.08 Å². The molecule has 1 aliphatic rings. The van der Waals surface area contributed by atoms with Crippen LogP contribution in [0, 0.1) is 0 Å². The van der Waals surface area contributed by atoms with Gasteiger partial charge in [-0.3, -0.25) is 0 Å². The summed E-state index contributed by atoms with van der Waals surface area (Å²) >= 11 is 0. The van der Waals surface area contributed by atoms with Crippen LogP contribution in [0.1, 0.15) is 6.42 Å². The highest BCUT2D eigenvalue weighted by molar-refractivity contribution is 5.58. The molecule has 5 heteroatoms. The van der Waals surface area contributed by atoms with Crippen LogP contribution in [0.5, 0.6) is 0 Å². The van der Waals surface area contributed by atoms with E-state index in [2.05, 4.69) is 20.9 Å². The Kier molecular flexibility index (Phi) is 3.36. The van der Waals surface area contributed by atoms with E-state index in [1.807, 2.05) is 0 Å². The van der Waals surface area contributed by atoms with Gasteiger partial charge in [0.15, 0.2) is 11.6 Å². The summed E-state index contributed by atoms with van der Waals surface area (Å²) in [5.74, 6) is 1.27. The predicted molar refractivity (Wildman–Crippen MR) is 63.2 cm³/mol. The van der Waals surface area contributed by atoms with Crippen LogP contribution in [0.4, 0.5) is 11.6 Å². The van der Waals surface area contributed by atoms with Gasteiger partial charge in [0, 0.05) is 32.6 Å². The summed E-state index contributed by atoms with van der Waals surface area (Å²) in [5.41, 5.74) is 7.12. The van der Waals surface area contributed by atoms with Gasteiger partial charge in [-0.05, 0) is 12.0 Å². The van der Waals surface area contributed by atoms with Gasteiger partial charge < -0.3 is 15.4 Å². The van der Waals surface area contributed by atoms with Crippen LogP contribution in [0.15, 0.2) is 24.0 Å². The lowest BCUT2D eigenvalue weighted by Gasteiger charge is -2.27. The van der Waals surface area contributed by atoms with Crippen molar-refractivity contribution in [3.63, 3.8) is 0 Å². The molecular weight excluding hydrogens is 204 g/mol. The summed E-state index contributed by atoms with van der Waals surface area (Å²) in [4.78, 5) is 10.4. The number of hydrogen-bond acceptors (Lipinski definition) is 5. The Hall–Kier alpha value is -1.62. The van der Waals surface area contributed by atoms with E-state index in [-0.39, 0.29) is 0 Å². The first-order valence-corrected chi connectivity index (χ1v) is 5.29. The lowest BCUT2D eigenvalue weighted by atomic mass is 10.1. The third-order valence-electron chi connectivity index (χ3n) is 2.64. The molecule has 1 aromatic heterocycles. The molecule has 0 aliphatic carbocycles. The highest BCUT2D eigenvalue weighted by atomic mass is 16.5. The van der Waals surface area contributed by atoms with Gasteiger partial charge >= 0.3 is 0 Å². The van der Waals surface area contributed by atoms with E-state index in [9.17, 15) is 0 Å². The van der Waals surface area contributed by atoms with Crippen LogP contribution in [-0.2, 0) is 4.74 Å². The highest BCUT2D eigenvalue weighted by Crippen LogP contribution is 2.21. The van der Waals surface area contributed by atoms with Crippen molar-refractivity contribution in [2.45, 2.75) is 6.42 Å². The number of anilines is 2. The van der Waals surface area contributed by atoms with Crippen molar-refractivity contribution in [1.82, 2.24) is 9.97 Å². The fraction of sp³-hybridized carbons (Fsp3) is 0.455. The third kappa shape index (κ3) is 2.30. The zero-order valence-corrected chi connectivity index (χ0v) is 9.39. The fourth-order valence-corrected chi connectivity index (χ4v) is 1.81. The largest absolute Gasteiger partial charge is 0.381 e. The lowest BCUT2D eigenvalue weighted by molar-refractivity contribution is 0.222. The maximum atomic E-state index is 5.78. The first-order chi connectivity index (χ1) is 7.81. The van der Waals surface area contributed by atoms with Gasteiger partial charge in [0.25, 0.3) is 0 Å². The lowest BCUT2D eigenvalue weighted by Crippen LogP contribution is -2.30. The highest BCUT2D eigenvalue weighted by Gasteiger charge is 2.15. The van der Waals surface area contributed by atoms with Gasteiger partial charge in [-0.25, -0.2) is 9.97 Å². The number of ether oxygens (including phenoxy) is 1. The van der Waals surface area contributed by atoms with Crippen molar-refractivity contribution >= 4 is 11.6 Å². The van der Waals surface area contributed by atoms with E-state index in [1.165, 1.54) is 5.57 Å². The van der Waals surface area contributed by atoms with Crippen LogP contribution in [0.3, 0.4) is 0 Å².